The van der Waals surface area contributed by atoms with E-state index in [4.69, 9.17) is 16.0 Å². The number of aryl methyl sites for hydroxylation is 1. The summed E-state index contributed by atoms with van der Waals surface area (Å²) in [5, 5.41) is 8.74. The summed E-state index contributed by atoms with van der Waals surface area (Å²) < 4.78 is 6.96. The van der Waals surface area contributed by atoms with E-state index < -0.39 is 0 Å². The van der Waals surface area contributed by atoms with Crippen molar-refractivity contribution in [3.05, 3.63) is 53.6 Å². The van der Waals surface area contributed by atoms with E-state index in [0.29, 0.717) is 24.5 Å². The van der Waals surface area contributed by atoms with Crippen molar-refractivity contribution in [1.82, 2.24) is 15.1 Å². The number of nitrogens with zero attached hydrogens (tertiary/aromatic N) is 2. The molecule has 6 heteroatoms. The van der Waals surface area contributed by atoms with Crippen molar-refractivity contribution in [2.75, 3.05) is 0 Å². The zero-order valence-corrected chi connectivity index (χ0v) is 12.0. The molecule has 1 N–H and O–H groups in total. The molecular weight excluding hydrogens is 290 g/mol. The number of rotatable bonds is 5. The number of carbonyl (C=O) groups is 1. The number of halogens is 1. The van der Waals surface area contributed by atoms with Crippen LogP contribution in [-0.2, 0) is 17.9 Å². The Labute approximate surface area is 126 Å². The molecule has 0 spiro atoms. The summed E-state index contributed by atoms with van der Waals surface area (Å²) in [6.07, 6.45) is 3.70. The number of nitrogens with one attached hydrogen (secondary N) is 1. The molecule has 5 nitrogen and oxygen atoms in total. The molecule has 0 saturated heterocycles. The quantitative estimate of drug-likeness (QED) is 0.788. The monoisotopic (exact) mass is 303 g/mol. The largest absolute Gasteiger partial charge is 0.467 e. The third-order valence-electron chi connectivity index (χ3n) is 3.19. The number of benzene rings is 1. The van der Waals surface area contributed by atoms with Crippen LogP contribution in [0.25, 0.3) is 10.9 Å². The van der Waals surface area contributed by atoms with Crippen molar-refractivity contribution in [1.29, 1.82) is 0 Å². The van der Waals surface area contributed by atoms with Gasteiger partial charge in [-0.2, -0.15) is 5.10 Å². The average molecular weight is 304 g/mol. The van der Waals surface area contributed by atoms with Gasteiger partial charge in [-0.15, -0.1) is 0 Å². The first kappa shape index (κ1) is 13.7. The van der Waals surface area contributed by atoms with Gasteiger partial charge in [0.15, 0.2) is 0 Å². The lowest BCUT2D eigenvalue weighted by atomic mass is 10.2. The predicted octanol–water partition coefficient (Wildman–Crippen LogP) is 2.99. The molecule has 0 bridgehead atoms. The molecule has 0 fully saturated rings. The van der Waals surface area contributed by atoms with E-state index in [1.807, 2.05) is 24.3 Å². The Balaban J connectivity index is 1.57. The molecule has 0 aliphatic carbocycles. The topological polar surface area (TPSA) is 60.1 Å². The van der Waals surface area contributed by atoms with Crippen LogP contribution in [0.15, 0.2) is 47.2 Å². The molecule has 1 amide bonds. The van der Waals surface area contributed by atoms with Crippen molar-refractivity contribution in [2.24, 2.45) is 0 Å². The summed E-state index contributed by atoms with van der Waals surface area (Å²) in [6, 6.07) is 9.20. The lowest BCUT2D eigenvalue weighted by molar-refractivity contribution is -0.121. The number of amides is 1. The van der Waals surface area contributed by atoms with Gasteiger partial charge < -0.3 is 9.73 Å². The van der Waals surface area contributed by atoms with E-state index in [-0.39, 0.29) is 5.91 Å². The van der Waals surface area contributed by atoms with Crippen molar-refractivity contribution < 1.29 is 9.21 Å². The van der Waals surface area contributed by atoms with Gasteiger partial charge >= 0.3 is 0 Å². The number of furan rings is 1. The number of carbonyl (C=O) groups excluding carboxylic acids is 1. The number of aromatic nitrogens is 2. The highest BCUT2D eigenvalue weighted by molar-refractivity contribution is 6.31. The molecule has 21 heavy (non-hydrogen) atoms. The molecule has 2 heterocycles. The van der Waals surface area contributed by atoms with E-state index in [1.54, 1.807) is 23.2 Å². The van der Waals surface area contributed by atoms with Crippen LogP contribution in [-0.4, -0.2) is 15.7 Å². The van der Waals surface area contributed by atoms with Gasteiger partial charge in [-0.05, 0) is 30.3 Å². The second-order valence-electron chi connectivity index (χ2n) is 4.68. The second kappa shape index (κ2) is 6.01. The molecule has 1 aromatic carbocycles. The van der Waals surface area contributed by atoms with E-state index in [9.17, 15) is 4.79 Å². The minimum atomic E-state index is -0.0380. The molecule has 2 aromatic heterocycles. The van der Waals surface area contributed by atoms with E-state index >= 15 is 0 Å². The molecule has 0 aliphatic rings. The normalized spacial score (nSPS) is 10.9. The van der Waals surface area contributed by atoms with Gasteiger partial charge in [-0.25, -0.2) is 0 Å². The van der Waals surface area contributed by atoms with Crippen molar-refractivity contribution >= 4 is 28.4 Å². The fourth-order valence-electron chi connectivity index (χ4n) is 2.13. The van der Waals surface area contributed by atoms with Crippen LogP contribution in [0.4, 0.5) is 0 Å². The molecule has 0 saturated carbocycles. The molecule has 0 radical (unpaired) electrons. The smallest absolute Gasteiger partial charge is 0.222 e. The zero-order chi connectivity index (χ0) is 14.7. The number of hydrogen-bond acceptors (Lipinski definition) is 3. The standard InChI is InChI=1S/C15H14ClN3O2/c16-12-3-4-14-11(8-12)9-18-19(14)6-5-15(20)17-10-13-2-1-7-21-13/h1-4,7-9H,5-6,10H2,(H,17,20). The summed E-state index contributed by atoms with van der Waals surface area (Å²) in [4.78, 5) is 11.8. The Bertz CT molecular complexity index is 749. The fraction of sp³-hybridized carbons (Fsp3) is 0.200. The third kappa shape index (κ3) is 3.25. The molecule has 108 valence electrons. The molecule has 0 atom stereocenters. The number of fused-ring (bicyclic) bond motifs is 1. The molecular formula is C15H14ClN3O2. The lowest BCUT2D eigenvalue weighted by Gasteiger charge is -2.05. The van der Waals surface area contributed by atoms with Gasteiger partial charge in [-0.3, -0.25) is 9.48 Å². The predicted molar refractivity (Wildman–Crippen MR) is 79.9 cm³/mol. The van der Waals surface area contributed by atoms with Gasteiger partial charge in [0.2, 0.25) is 5.91 Å². The lowest BCUT2D eigenvalue weighted by Crippen LogP contribution is -2.23. The third-order valence-corrected chi connectivity index (χ3v) is 3.43. The summed E-state index contributed by atoms with van der Waals surface area (Å²) >= 11 is 5.94. The maximum atomic E-state index is 11.8. The van der Waals surface area contributed by atoms with Crippen LogP contribution >= 0.6 is 11.6 Å². The summed E-state index contributed by atoms with van der Waals surface area (Å²) in [5.41, 5.74) is 0.971. The molecule has 0 unspecified atom stereocenters. The van der Waals surface area contributed by atoms with Crippen LogP contribution < -0.4 is 5.32 Å². The first-order valence-electron chi connectivity index (χ1n) is 6.62. The summed E-state index contributed by atoms with van der Waals surface area (Å²) in [7, 11) is 0. The fourth-order valence-corrected chi connectivity index (χ4v) is 2.31. The van der Waals surface area contributed by atoms with Crippen molar-refractivity contribution in [3.63, 3.8) is 0 Å². The van der Waals surface area contributed by atoms with E-state index in [1.165, 1.54) is 0 Å². The molecule has 0 aliphatic heterocycles. The summed E-state index contributed by atoms with van der Waals surface area (Å²) in [5.74, 6) is 0.701. The van der Waals surface area contributed by atoms with Gasteiger partial charge in [0, 0.05) is 16.8 Å². The Morgan fingerprint density at radius 3 is 3.10 bits per heavy atom. The Morgan fingerprint density at radius 2 is 2.29 bits per heavy atom. The first-order chi connectivity index (χ1) is 10.2. The minimum Gasteiger partial charge on any atom is -0.467 e. The molecule has 3 aromatic rings. The van der Waals surface area contributed by atoms with E-state index in [0.717, 1.165) is 16.7 Å². The van der Waals surface area contributed by atoms with Gasteiger partial charge in [0.05, 0.1) is 31.1 Å². The highest BCUT2D eigenvalue weighted by Crippen LogP contribution is 2.19. The van der Waals surface area contributed by atoms with Crippen LogP contribution in [0, 0.1) is 0 Å². The Morgan fingerprint density at radius 1 is 1.38 bits per heavy atom. The highest BCUT2D eigenvalue weighted by Gasteiger charge is 2.07. The Hall–Kier alpha value is -2.27. The summed E-state index contributed by atoms with van der Waals surface area (Å²) in [6.45, 7) is 0.927. The van der Waals surface area contributed by atoms with Crippen LogP contribution in [0.1, 0.15) is 12.2 Å². The maximum absolute atomic E-state index is 11.8. The van der Waals surface area contributed by atoms with Gasteiger partial charge in [0.1, 0.15) is 5.76 Å². The highest BCUT2D eigenvalue weighted by atomic mass is 35.5. The first-order valence-corrected chi connectivity index (χ1v) is 7.00. The van der Waals surface area contributed by atoms with E-state index in [2.05, 4.69) is 10.4 Å². The maximum Gasteiger partial charge on any atom is 0.222 e. The van der Waals surface area contributed by atoms with Crippen molar-refractivity contribution in [2.45, 2.75) is 19.5 Å². The average Bonchev–Trinajstić information content (AvgIpc) is 3.12. The number of hydrogen-bond donors (Lipinski definition) is 1. The molecule has 3 rings (SSSR count). The SMILES string of the molecule is O=C(CCn1ncc2cc(Cl)ccc21)NCc1ccco1. The Kier molecular flexibility index (Phi) is 3.92. The second-order valence-corrected chi connectivity index (χ2v) is 5.11. The van der Waals surface area contributed by atoms with Gasteiger partial charge in [-0.1, -0.05) is 11.6 Å². The minimum absolute atomic E-state index is 0.0380. The van der Waals surface area contributed by atoms with Crippen LogP contribution in [0.3, 0.4) is 0 Å². The van der Waals surface area contributed by atoms with Gasteiger partial charge in [0.25, 0.3) is 0 Å². The van der Waals surface area contributed by atoms with Crippen molar-refractivity contribution in [3.8, 4) is 0 Å². The zero-order valence-electron chi connectivity index (χ0n) is 11.3. The van der Waals surface area contributed by atoms with Crippen LogP contribution in [0.2, 0.25) is 5.02 Å². The van der Waals surface area contributed by atoms with Crippen LogP contribution in [0.5, 0.6) is 0 Å².